The fourth-order valence-electron chi connectivity index (χ4n) is 3.80. The van der Waals surface area contributed by atoms with Gasteiger partial charge in [0, 0.05) is 0 Å². The molecule has 2 heteroatoms. The Morgan fingerprint density at radius 3 is 2.40 bits per heavy atom. The summed E-state index contributed by atoms with van der Waals surface area (Å²) >= 11 is 0. The van der Waals surface area contributed by atoms with Crippen LogP contribution in [0.15, 0.2) is 24.3 Å². The predicted octanol–water partition coefficient (Wildman–Crippen LogP) is 3.35. The van der Waals surface area contributed by atoms with E-state index in [4.69, 9.17) is 0 Å². The van der Waals surface area contributed by atoms with Crippen LogP contribution >= 0.6 is 0 Å². The van der Waals surface area contributed by atoms with E-state index < -0.39 is 0 Å². The Morgan fingerprint density at radius 2 is 1.65 bits per heavy atom. The smallest absolute Gasteiger partial charge is 0.00160 e. The van der Waals surface area contributed by atoms with Gasteiger partial charge in [-0.1, -0.05) is 24.3 Å². The van der Waals surface area contributed by atoms with Gasteiger partial charge in [0.1, 0.15) is 0 Å². The minimum atomic E-state index is 0.779. The Hall–Kier alpha value is -0.860. The molecule has 1 aromatic rings. The van der Waals surface area contributed by atoms with E-state index in [0.717, 1.165) is 11.8 Å². The highest BCUT2D eigenvalue weighted by Gasteiger charge is 2.19. The van der Waals surface area contributed by atoms with E-state index in [1.165, 1.54) is 58.3 Å². The van der Waals surface area contributed by atoms with Crippen molar-refractivity contribution in [2.45, 2.75) is 43.9 Å². The first-order valence-corrected chi connectivity index (χ1v) is 8.32. The Labute approximate surface area is 123 Å². The molecule has 2 aliphatic heterocycles. The van der Waals surface area contributed by atoms with E-state index >= 15 is 0 Å². The van der Waals surface area contributed by atoms with Crippen LogP contribution in [0.4, 0.5) is 0 Å². The normalized spacial score (nSPS) is 26.4. The summed E-state index contributed by atoms with van der Waals surface area (Å²) in [5.41, 5.74) is 3.18. The molecular formula is C18H28N2. The van der Waals surface area contributed by atoms with Crippen molar-refractivity contribution in [3.05, 3.63) is 35.4 Å². The molecule has 0 spiro atoms. The van der Waals surface area contributed by atoms with Crippen LogP contribution in [0.25, 0.3) is 0 Å². The molecule has 110 valence electrons. The fourth-order valence-corrected chi connectivity index (χ4v) is 3.80. The number of rotatable bonds is 2. The minimum absolute atomic E-state index is 0.779. The summed E-state index contributed by atoms with van der Waals surface area (Å²) in [6.07, 6.45) is 6.64. The van der Waals surface area contributed by atoms with Gasteiger partial charge in [-0.3, -0.25) is 0 Å². The second kappa shape index (κ2) is 6.73. The van der Waals surface area contributed by atoms with Gasteiger partial charge in [0.2, 0.25) is 0 Å². The van der Waals surface area contributed by atoms with Crippen molar-refractivity contribution in [2.24, 2.45) is 0 Å². The van der Waals surface area contributed by atoms with Gasteiger partial charge in [-0.25, -0.2) is 0 Å². The summed E-state index contributed by atoms with van der Waals surface area (Å²) in [5, 5.41) is 3.47. The van der Waals surface area contributed by atoms with Crippen molar-refractivity contribution in [3.63, 3.8) is 0 Å². The predicted molar refractivity (Wildman–Crippen MR) is 85.4 cm³/mol. The van der Waals surface area contributed by atoms with Crippen molar-refractivity contribution < 1.29 is 0 Å². The van der Waals surface area contributed by atoms with Crippen molar-refractivity contribution in [2.75, 3.05) is 33.2 Å². The Kier molecular flexibility index (Phi) is 4.74. The number of hydrogen-bond donors (Lipinski definition) is 1. The number of benzene rings is 1. The first-order valence-electron chi connectivity index (χ1n) is 8.32. The molecule has 3 rings (SSSR count). The molecule has 1 atom stereocenters. The summed E-state index contributed by atoms with van der Waals surface area (Å²) < 4.78 is 0. The van der Waals surface area contributed by atoms with Gasteiger partial charge < -0.3 is 10.2 Å². The average Bonchev–Trinajstić information content (AvgIpc) is 2.73. The van der Waals surface area contributed by atoms with E-state index in [9.17, 15) is 0 Å². The lowest BCUT2D eigenvalue weighted by Crippen LogP contribution is -2.26. The van der Waals surface area contributed by atoms with Crippen LogP contribution < -0.4 is 5.32 Å². The minimum Gasteiger partial charge on any atom is -0.317 e. The van der Waals surface area contributed by atoms with Crippen LogP contribution in [0.3, 0.4) is 0 Å². The van der Waals surface area contributed by atoms with E-state index in [1.54, 1.807) is 11.1 Å². The monoisotopic (exact) mass is 272 g/mol. The molecule has 1 unspecified atom stereocenters. The summed E-state index contributed by atoms with van der Waals surface area (Å²) in [7, 11) is 2.26. The quantitative estimate of drug-likeness (QED) is 0.888. The molecule has 0 aromatic heterocycles. The SMILES string of the molecule is CN1CCCC(c2cccc(C3CCNCC3)c2)CC1. The number of nitrogens with zero attached hydrogens (tertiary/aromatic N) is 1. The molecular weight excluding hydrogens is 244 g/mol. The zero-order chi connectivity index (χ0) is 13.8. The Balaban J connectivity index is 1.72. The Morgan fingerprint density at radius 1 is 0.950 bits per heavy atom. The third-order valence-corrected chi connectivity index (χ3v) is 5.14. The second-order valence-electron chi connectivity index (χ2n) is 6.63. The van der Waals surface area contributed by atoms with Crippen LogP contribution in [0.5, 0.6) is 0 Å². The third-order valence-electron chi connectivity index (χ3n) is 5.14. The molecule has 20 heavy (non-hydrogen) atoms. The zero-order valence-electron chi connectivity index (χ0n) is 12.8. The molecule has 2 fully saturated rings. The van der Waals surface area contributed by atoms with Gasteiger partial charge in [-0.05, 0) is 88.3 Å². The average molecular weight is 272 g/mol. The summed E-state index contributed by atoms with van der Waals surface area (Å²) in [6.45, 7) is 4.89. The maximum atomic E-state index is 3.47. The number of piperidine rings is 1. The van der Waals surface area contributed by atoms with Crippen LogP contribution in [-0.2, 0) is 0 Å². The van der Waals surface area contributed by atoms with Gasteiger partial charge in [0.25, 0.3) is 0 Å². The fraction of sp³-hybridized carbons (Fsp3) is 0.667. The lowest BCUT2D eigenvalue weighted by molar-refractivity contribution is 0.347. The van der Waals surface area contributed by atoms with E-state index in [0.29, 0.717) is 0 Å². The van der Waals surface area contributed by atoms with Crippen LogP contribution in [0, 0.1) is 0 Å². The maximum Gasteiger partial charge on any atom is -0.00160 e. The first kappa shape index (κ1) is 14.1. The molecule has 1 aromatic carbocycles. The molecule has 2 heterocycles. The van der Waals surface area contributed by atoms with E-state index in [-0.39, 0.29) is 0 Å². The summed E-state index contributed by atoms with van der Waals surface area (Å²) in [6, 6.07) is 9.52. The highest BCUT2D eigenvalue weighted by Crippen LogP contribution is 2.31. The summed E-state index contributed by atoms with van der Waals surface area (Å²) in [4.78, 5) is 2.48. The molecule has 0 saturated carbocycles. The van der Waals surface area contributed by atoms with Gasteiger partial charge in [0.15, 0.2) is 0 Å². The van der Waals surface area contributed by atoms with Gasteiger partial charge in [-0.2, -0.15) is 0 Å². The Bertz CT molecular complexity index is 423. The van der Waals surface area contributed by atoms with Crippen molar-refractivity contribution >= 4 is 0 Å². The molecule has 2 aliphatic rings. The molecule has 2 nitrogen and oxygen atoms in total. The van der Waals surface area contributed by atoms with Gasteiger partial charge in [0.05, 0.1) is 0 Å². The molecule has 2 saturated heterocycles. The lowest BCUT2D eigenvalue weighted by Gasteiger charge is -2.24. The molecule has 0 bridgehead atoms. The van der Waals surface area contributed by atoms with E-state index in [2.05, 4.69) is 41.5 Å². The maximum absolute atomic E-state index is 3.47. The van der Waals surface area contributed by atoms with Crippen LogP contribution in [0.2, 0.25) is 0 Å². The lowest BCUT2D eigenvalue weighted by atomic mass is 9.85. The van der Waals surface area contributed by atoms with Crippen molar-refractivity contribution in [1.82, 2.24) is 10.2 Å². The first-order chi connectivity index (χ1) is 9.83. The zero-order valence-corrected chi connectivity index (χ0v) is 12.8. The second-order valence-corrected chi connectivity index (χ2v) is 6.63. The van der Waals surface area contributed by atoms with E-state index in [1.807, 2.05) is 0 Å². The standard InChI is InChI=1S/C18H28N2/c1-20-12-3-6-15(9-13-20)17-4-2-5-18(14-17)16-7-10-19-11-8-16/h2,4-5,14-16,19H,3,6-13H2,1H3. The topological polar surface area (TPSA) is 15.3 Å². The molecule has 0 radical (unpaired) electrons. The molecule has 1 N–H and O–H groups in total. The number of nitrogens with one attached hydrogen (secondary N) is 1. The number of likely N-dealkylation sites (tertiary alicyclic amines) is 1. The van der Waals surface area contributed by atoms with Crippen LogP contribution in [-0.4, -0.2) is 38.1 Å². The number of hydrogen-bond acceptors (Lipinski definition) is 2. The van der Waals surface area contributed by atoms with Crippen molar-refractivity contribution in [1.29, 1.82) is 0 Å². The van der Waals surface area contributed by atoms with Gasteiger partial charge in [-0.15, -0.1) is 0 Å². The largest absolute Gasteiger partial charge is 0.317 e. The summed E-state index contributed by atoms with van der Waals surface area (Å²) in [5.74, 6) is 1.56. The van der Waals surface area contributed by atoms with Crippen LogP contribution in [0.1, 0.15) is 55.1 Å². The van der Waals surface area contributed by atoms with Gasteiger partial charge >= 0.3 is 0 Å². The highest BCUT2D eigenvalue weighted by atomic mass is 15.1. The van der Waals surface area contributed by atoms with Crippen molar-refractivity contribution in [3.8, 4) is 0 Å². The highest BCUT2D eigenvalue weighted by molar-refractivity contribution is 5.29. The molecule has 0 amide bonds. The molecule has 0 aliphatic carbocycles. The third kappa shape index (κ3) is 3.42.